The van der Waals surface area contributed by atoms with Crippen molar-refractivity contribution in [1.29, 1.82) is 0 Å². The van der Waals surface area contributed by atoms with Gasteiger partial charge in [0.2, 0.25) is 5.91 Å². The first-order chi connectivity index (χ1) is 8.72. The van der Waals surface area contributed by atoms with Gasteiger partial charge in [-0.15, -0.1) is 0 Å². The molecule has 1 aromatic heterocycles. The molecule has 3 rings (SSSR count). The van der Waals surface area contributed by atoms with Crippen molar-refractivity contribution >= 4 is 16.8 Å². The first-order valence-electron chi connectivity index (χ1n) is 6.04. The number of amides is 1. The third kappa shape index (κ3) is 2.04. The van der Waals surface area contributed by atoms with Crippen molar-refractivity contribution in [3.63, 3.8) is 0 Å². The molecule has 0 spiro atoms. The van der Waals surface area contributed by atoms with Crippen LogP contribution in [0.25, 0.3) is 10.9 Å². The second kappa shape index (κ2) is 4.34. The number of hydrogen-bond donors (Lipinski definition) is 4. The zero-order chi connectivity index (χ0) is 12.5. The highest BCUT2D eigenvalue weighted by molar-refractivity contribution is 5.82. The Balaban J connectivity index is 1.95. The van der Waals surface area contributed by atoms with E-state index in [4.69, 9.17) is 0 Å². The maximum absolute atomic E-state index is 11.5. The van der Waals surface area contributed by atoms with Crippen molar-refractivity contribution in [2.24, 2.45) is 0 Å². The predicted octanol–water partition coefficient (Wildman–Crippen LogP) is 1.02. The van der Waals surface area contributed by atoms with Gasteiger partial charge in [-0.25, -0.2) is 0 Å². The maximum Gasteiger partial charge on any atom is 0.222 e. The standard InChI is InChI=1S/C13H15N3O2/c17-9-1-2-10-8(5-9)6-12(16-10)11-7-13(18)15-4-3-14-11/h1-2,5-6,11,14,16-17H,3-4,7H2,(H,15,18). The summed E-state index contributed by atoms with van der Waals surface area (Å²) in [5, 5.41) is 16.6. The van der Waals surface area contributed by atoms with Crippen LogP contribution in [0.5, 0.6) is 5.75 Å². The average molecular weight is 245 g/mol. The van der Waals surface area contributed by atoms with Crippen LogP contribution in [0.15, 0.2) is 24.3 Å². The fourth-order valence-electron chi connectivity index (χ4n) is 2.33. The van der Waals surface area contributed by atoms with Crippen molar-refractivity contribution in [2.75, 3.05) is 13.1 Å². The molecule has 1 aliphatic rings. The molecule has 2 aromatic rings. The molecule has 1 atom stereocenters. The lowest BCUT2D eigenvalue weighted by Crippen LogP contribution is -2.24. The molecular weight excluding hydrogens is 230 g/mol. The second-order valence-corrected chi connectivity index (χ2v) is 4.56. The minimum atomic E-state index is 0.00189. The fraction of sp³-hybridized carbons (Fsp3) is 0.308. The predicted molar refractivity (Wildman–Crippen MR) is 68.3 cm³/mol. The summed E-state index contributed by atoms with van der Waals surface area (Å²) in [5.74, 6) is 0.311. The van der Waals surface area contributed by atoms with Gasteiger partial charge in [0.15, 0.2) is 0 Å². The summed E-state index contributed by atoms with van der Waals surface area (Å²) in [6.07, 6.45) is 0.429. The number of benzene rings is 1. The van der Waals surface area contributed by atoms with Crippen molar-refractivity contribution < 1.29 is 9.90 Å². The molecule has 0 bridgehead atoms. The molecular formula is C13H15N3O2. The average Bonchev–Trinajstić information content (AvgIpc) is 2.63. The highest BCUT2D eigenvalue weighted by atomic mass is 16.3. The van der Waals surface area contributed by atoms with Crippen molar-refractivity contribution in [3.8, 4) is 5.75 Å². The fourth-order valence-corrected chi connectivity index (χ4v) is 2.33. The molecule has 4 N–H and O–H groups in total. The zero-order valence-corrected chi connectivity index (χ0v) is 9.86. The molecule has 5 heteroatoms. The van der Waals surface area contributed by atoms with Gasteiger partial charge in [0.05, 0.1) is 6.04 Å². The van der Waals surface area contributed by atoms with Crippen molar-refractivity contribution in [3.05, 3.63) is 30.0 Å². The second-order valence-electron chi connectivity index (χ2n) is 4.56. The molecule has 1 aliphatic heterocycles. The van der Waals surface area contributed by atoms with E-state index in [2.05, 4.69) is 15.6 Å². The number of carbonyl (C=O) groups excluding carboxylic acids is 1. The smallest absolute Gasteiger partial charge is 0.222 e. The SMILES string of the molecule is O=C1CC(c2cc3cc(O)ccc3[nH]2)NCCN1. The van der Waals surface area contributed by atoms with Gasteiger partial charge in [0.25, 0.3) is 0 Å². The lowest BCUT2D eigenvalue weighted by Gasteiger charge is -2.12. The topological polar surface area (TPSA) is 77.1 Å². The number of H-pyrrole nitrogens is 1. The molecule has 18 heavy (non-hydrogen) atoms. The van der Waals surface area contributed by atoms with Crippen LogP contribution in [0.4, 0.5) is 0 Å². The molecule has 94 valence electrons. The van der Waals surface area contributed by atoms with Gasteiger partial charge in [-0.1, -0.05) is 0 Å². The largest absolute Gasteiger partial charge is 0.508 e. The summed E-state index contributed by atoms with van der Waals surface area (Å²) >= 11 is 0. The van der Waals surface area contributed by atoms with Crippen LogP contribution in [0, 0.1) is 0 Å². The maximum atomic E-state index is 11.5. The molecule has 0 saturated carbocycles. The number of carbonyl (C=O) groups is 1. The van der Waals surface area contributed by atoms with E-state index in [-0.39, 0.29) is 17.7 Å². The Kier molecular flexibility index (Phi) is 2.68. The van der Waals surface area contributed by atoms with Gasteiger partial charge in [0.1, 0.15) is 5.75 Å². The Morgan fingerprint density at radius 2 is 2.11 bits per heavy atom. The molecule has 2 heterocycles. The summed E-state index contributed by atoms with van der Waals surface area (Å²) in [4.78, 5) is 14.8. The molecule has 1 unspecified atom stereocenters. The lowest BCUT2D eigenvalue weighted by atomic mass is 10.1. The summed E-state index contributed by atoms with van der Waals surface area (Å²) in [7, 11) is 0. The number of aromatic nitrogens is 1. The Morgan fingerprint density at radius 1 is 1.22 bits per heavy atom. The monoisotopic (exact) mass is 245 g/mol. The van der Waals surface area contributed by atoms with Crippen LogP contribution in [0.1, 0.15) is 18.2 Å². The molecule has 0 radical (unpaired) electrons. The van der Waals surface area contributed by atoms with E-state index in [0.717, 1.165) is 23.1 Å². The third-order valence-electron chi connectivity index (χ3n) is 3.23. The number of hydrogen-bond acceptors (Lipinski definition) is 3. The Bertz CT molecular complexity index is 591. The number of fused-ring (bicyclic) bond motifs is 1. The summed E-state index contributed by atoms with van der Waals surface area (Å²) in [6, 6.07) is 7.18. The lowest BCUT2D eigenvalue weighted by molar-refractivity contribution is -0.121. The molecule has 5 nitrogen and oxygen atoms in total. The van der Waals surface area contributed by atoms with Crippen LogP contribution in [-0.2, 0) is 4.79 Å². The first kappa shape index (κ1) is 11.1. The highest BCUT2D eigenvalue weighted by Gasteiger charge is 2.20. The Morgan fingerprint density at radius 3 is 3.00 bits per heavy atom. The quantitative estimate of drug-likeness (QED) is 0.606. The van der Waals surface area contributed by atoms with Gasteiger partial charge in [-0.05, 0) is 24.3 Å². The minimum absolute atomic E-state index is 0.00189. The van der Waals surface area contributed by atoms with Gasteiger partial charge in [0, 0.05) is 36.1 Å². The van der Waals surface area contributed by atoms with E-state index in [0.29, 0.717) is 13.0 Å². The highest BCUT2D eigenvalue weighted by Crippen LogP contribution is 2.25. The number of phenols is 1. The molecule has 1 fully saturated rings. The van der Waals surface area contributed by atoms with E-state index in [1.165, 1.54) is 0 Å². The number of aromatic amines is 1. The van der Waals surface area contributed by atoms with Gasteiger partial charge in [-0.3, -0.25) is 4.79 Å². The van der Waals surface area contributed by atoms with Crippen LogP contribution >= 0.6 is 0 Å². The Labute approximate surface area is 104 Å². The molecule has 1 saturated heterocycles. The Hall–Kier alpha value is -2.01. The van der Waals surface area contributed by atoms with E-state index in [9.17, 15) is 9.90 Å². The van der Waals surface area contributed by atoms with E-state index in [1.54, 1.807) is 12.1 Å². The van der Waals surface area contributed by atoms with Crippen molar-refractivity contribution in [2.45, 2.75) is 12.5 Å². The van der Waals surface area contributed by atoms with Gasteiger partial charge < -0.3 is 20.7 Å². The van der Waals surface area contributed by atoms with Crippen LogP contribution in [-0.4, -0.2) is 29.1 Å². The van der Waals surface area contributed by atoms with Crippen LogP contribution in [0.2, 0.25) is 0 Å². The zero-order valence-electron chi connectivity index (χ0n) is 9.86. The molecule has 0 aliphatic carbocycles. The van der Waals surface area contributed by atoms with E-state index in [1.807, 2.05) is 12.1 Å². The van der Waals surface area contributed by atoms with Crippen molar-refractivity contribution in [1.82, 2.24) is 15.6 Å². The number of rotatable bonds is 1. The van der Waals surface area contributed by atoms with Crippen LogP contribution in [0.3, 0.4) is 0 Å². The normalized spacial score (nSPS) is 20.7. The summed E-state index contributed by atoms with van der Waals surface area (Å²) in [6.45, 7) is 1.42. The van der Waals surface area contributed by atoms with Crippen LogP contribution < -0.4 is 10.6 Å². The number of nitrogens with one attached hydrogen (secondary N) is 3. The molecule has 1 aromatic carbocycles. The molecule has 1 amide bonds. The number of phenolic OH excluding ortho intramolecular Hbond substituents is 1. The third-order valence-corrected chi connectivity index (χ3v) is 3.23. The summed E-state index contributed by atoms with van der Waals surface area (Å²) in [5.41, 5.74) is 1.95. The number of aromatic hydroxyl groups is 1. The van der Waals surface area contributed by atoms with Gasteiger partial charge >= 0.3 is 0 Å². The minimum Gasteiger partial charge on any atom is -0.508 e. The van der Waals surface area contributed by atoms with E-state index < -0.39 is 0 Å². The first-order valence-corrected chi connectivity index (χ1v) is 6.04. The van der Waals surface area contributed by atoms with Gasteiger partial charge in [-0.2, -0.15) is 0 Å². The van der Waals surface area contributed by atoms with E-state index >= 15 is 0 Å². The summed E-state index contributed by atoms with van der Waals surface area (Å²) < 4.78 is 0.